The highest BCUT2D eigenvalue weighted by Crippen LogP contribution is 2.28. The van der Waals surface area contributed by atoms with Crippen LogP contribution in [0.4, 0.5) is 0 Å². The molecule has 0 aliphatic rings. The van der Waals surface area contributed by atoms with Gasteiger partial charge < -0.3 is 0 Å². The molecule has 1 heterocycles. The van der Waals surface area contributed by atoms with Gasteiger partial charge in [-0.25, -0.2) is 9.97 Å². The third-order valence-corrected chi connectivity index (χ3v) is 2.76. The molecule has 2 aromatic rings. The van der Waals surface area contributed by atoms with Crippen LogP contribution in [0.15, 0.2) is 30.7 Å². The summed E-state index contributed by atoms with van der Waals surface area (Å²) in [5.41, 5.74) is 1.70. The molecule has 0 saturated carbocycles. The zero-order valence-electron chi connectivity index (χ0n) is 7.98. The molecule has 1 aromatic heterocycles. The molecule has 3 nitrogen and oxygen atoms in total. The maximum Gasteiger partial charge on any atom is 0.116 e. The van der Waals surface area contributed by atoms with Gasteiger partial charge in [-0.2, -0.15) is 5.26 Å². The molecule has 16 heavy (non-hydrogen) atoms. The van der Waals surface area contributed by atoms with Crippen molar-refractivity contribution in [3.8, 4) is 17.3 Å². The van der Waals surface area contributed by atoms with Crippen LogP contribution in [0, 0.1) is 11.3 Å². The number of hydrogen-bond acceptors (Lipinski definition) is 3. The van der Waals surface area contributed by atoms with E-state index in [2.05, 4.69) is 9.97 Å². The predicted octanol–water partition coefficient (Wildman–Crippen LogP) is 3.32. The second kappa shape index (κ2) is 4.48. The first-order valence-electron chi connectivity index (χ1n) is 4.38. The Morgan fingerprint density at radius 2 is 2.00 bits per heavy atom. The highest BCUT2D eigenvalue weighted by Gasteiger charge is 2.08. The van der Waals surface area contributed by atoms with E-state index in [1.165, 1.54) is 12.5 Å². The molecule has 78 valence electrons. The molecule has 0 radical (unpaired) electrons. The third kappa shape index (κ3) is 1.99. The van der Waals surface area contributed by atoms with Crippen molar-refractivity contribution in [3.63, 3.8) is 0 Å². The van der Waals surface area contributed by atoms with Crippen molar-refractivity contribution in [2.24, 2.45) is 0 Å². The van der Waals surface area contributed by atoms with Gasteiger partial charge in [-0.3, -0.25) is 0 Å². The summed E-state index contributed by atoms with van der Waals surface area (Å²) in [7, 11) is 0. The van der Waals surface area contributed by atoms with Crippen molar-refractivity contribution in [1.82, 2.24) is 9.97 Å². The lowest BCUT2D eigenvalue weighted by Crippen LogP contribution is -1.90. The van der Waals surface area contributed by atoms with E-state index in [-0.39, 0.29) is 0 Å². The Balaban J connectivity index is 2.60. The fourth-order valence-corrected chi connectivity index (χ4v) is 1.58. The average Bonchev–Trinajstić information content (AvgIpc) is 2.32. The highest BCUT2D eigenvalue weighted by molar-refractivity contribution is 6.42. The Hall–Kier alpha value is -1.63. The van der Waals surface area contributed by atoms with Gasteiger partial charge in [0.25, 0.3) is 0 Å². The summed E-state index contributed by atoms with van der Waals surface area (Å²) < 4.78 is 0. The summed E-state index contributed by atoms with van der Waals surface area (Å²) in [5.74, 6) is 0. The predicted molar refractivity (Wildman–Crippen MR) is 62.2 cm³/mol. The van der Waals surface area contributed by atoms with Crippen LogP contribution in [0.1, 0.15) is 5.56 Å². The molecule has 0 aliphatic heterocycles. The molecule has 5 heteroatoms. The maximum atomic E-state index is 8.91. The maximum absolute atomic E-state index is 8.91. The lowest BCUT2D eigenvalue weighted by molar-refractivity contribution is 1.16. The van der Waals surface area contributed by atoms with E-state index < -0.39 is 0 Å². The van der Waals surface area contributed by atoms with Crippen molar-refractivity contribution in [2.45, 2.75) is 0 Å². The number of nitriles is 1. The molecule has 0 fully saturated rings. The summed E-state index contributed by atoms with van der Waals surface area (Å²) in [6, 6.07) is 7.13. The Morgan fingerprint density at radius 1 is 1.19 bits per heavy atom. The van der Waals surface area contributed by atoms with E-state index in [4.69, 9.17) is 28.5 Å². The second-order valence-electron chi connectivity index (χ2n) is 3.03. The minimum absolute atomic E-state index is 0.404. The summed E-state index contributed by atoms with van der Waals surface area (Å²) in [6.07, 6.45) is 2.85. The number of halogens is 2. The second-order valence-corrected chi connectivity index (χ2v) is 3.84. The summed E-state index contributed by atoms with van der Waals surface area (Å²) >= 11 is 11.7. The number of rotatable bonds is 1. The molecule has 0 spiro atoms. The average molecular weight is 250 g/mol. The van der Waals surface area contributed by atoms with Gasteiger partial charge in [-0.1, -0.05) is 29.3 Å². The van der Waals surface area contributed by atoms with Crippen molar-refractivity contribution in [2.75, 3.05) is 0 Å². The quantitative estimate of drug-likeness (QED) is 0.779. The van der Waals surface area contributed by atoms with Crippen molar-refractivity contribution < 1.29 is 0 Å². The number of benzene rings is 1. The van der Waals surface area contributed by atoms with Crippen LogP contribution >= 0.6 is 23.2 Å². The van der Waals surface area contributed by atoms with Gasteiger partial charge >= 0.3 is 0 Å². The van der Waals surface area contributed by atoms with Crippen LogP contribution in [0.5, 0.6) is 0 Å². The molecular weight excluding hydrogens is 245 g/mol. The van der Waals surface area contributed by atoms with Crippen LogP contribution in [0.3, 0.4) is 0 Å². The monoisotopic (exact) mass is 249 g/mol. The lowest BCUT2D eigenvalue weighted by atomic mass is 10.1. The molecular formula is C11H5Cl2N3. The number of nitrogens with zero attached hydrogens (tertiary/aromatic N) is 3. The molecule has 0 amide bonds. The van der Waals surface area contributed by atoms with Crippen LogP contribution in [-0.4, -0.2) is 9.97 Å². The van der Waals surface area contributed by atoms with Gasteiger partial charge in [0.15, 0.2) is 0 Å². The van der Waals surface area contributed by atoms with Gasteiger partial charge in [0.05, 0.1) is 21.3 Å². The van der Waals surface area contributed by atoms with E-state index >= 15 is 0 Å². The van der Waals surface area contributed by atoms with Crippen molar-refractivity contribution in [1.29, 1.82) is 5.26 Å². The van der Waals surface area contributed by atoms with E-state index in [1.54, 1.807) is 18.2 Å². The minimum Gasteiger partial charge on any atom is -0.243 e. The fourth-order valence-electron chi connectivity index (χ4n) is 1.28. The first-order valence-corrected chi connectivity index (χ1v) is 5.13. The van der Waals surface area contributed by atoms with E-state index in [9.17, 15) is 0 Å². The Bertz CT molecular complexity index is 576. The Labute approximate surface area is 102 Å². The standard InChI is InChI=1S/C11H5Cl2N3/c12-9-2-1-7(3-10(9)13)11-8(4-14)5-15-6-16-11/h1-3,5-6H. The van der Waals surface area contributed by atoms with Crippen LogP contribution in [-0.2, 0) is 0 Å². The van der Waals surface area contributed by atoms with Crippen LogP contribution in [0.2, 0.25) is 10.0 Å². The zero-order chi connectivity index (χ0) is 11.5. The SMILES string of the molecule is N#Cc1cncnc1-c1ccc(Cl)c(Cl)c1. The van der Waals surface area contributed by atoms with E-state index in [0.717, 1.165) is 5.56 Å². The highest BCUT2D eigenvalue weighted by atomic mass is 35.5. The van der Waals surface area contributed by atoms with Crippen molar-refractivity contribution in [3.05, 3.63) is 46.3 Å². The van der Waals surface area contributed by atoms with E-state index in [0.29, 0.717) is 21.3 Å². The Kier molecular flexibility index (Phi) is 3.04. The largest absolute Gasteiger partial charge is 0.243 e. The molecule has 1 aromatic carbocycles. The third-order valence-electron chi connectivity index (χ3n) is 2.03. The minimum atomic E-state index is 0.404. The normalized spacial score (nSPS) is 9.81. The molecule has 0 unspecified atom stereocenters. The fraction of sp³-hybridized carbons (Fsp3) is 0. The van der Waals surface area contributed by atoms with Crippen molar-refractivity contribution >= 4 is 23.2 Å². The molecule has 0 saturated heterocycles. The van der Waals surface area contributed by atoms with Gasteiger partial charge in [-0.15, -0.1) is 0 Å². The van der Waals surface area contributed by atoms with Gasteiger partial charge in [0, 0.05) is 11.8 Å². The number of aromatic nitrogens is 2. The van der Waals surface area contributed by atoms with Crippen LogP contribution in [0.25, 0.3) is 11.3 Å². The summed E-state index contributed by atoms with van der Waals surface area (Å²) in [5, 5.41) is 9.82. The number of hydrogen-bond donors (Lipinski definition) is 0. The zero-order valence-corrected chi connectivity index (χ0v) is 9.50. The van der Waals surface area contributed by atoms with E-state index in [1.807, 2.05) is 6.07 Å². The smallest absolute Gasteiger partial charge is 0.116 e. The molecule has 0 aliphatic carbocycles. The van der Waals surface area contributed by atoms with Crippen LogP contribution < -0.4 is 0 Å². The summed E-state index contributed by atoms with van der Waals surface area (Å²) in [4.78, 5) is 7.84. The molecule has 0 atom stereocenters. The molecule has 0 bridgehead atoms. The van der Waals surface area contributed by atoms with Gasteiger partial charge in [0.2, 0.25) is 0 Å². The first-order chi connectivity index (χ1) is 7.72. The van der Waals surface area contributed by atoms with Gasteiger partial charge in [0.1, 0.15) is 12.4 Å². The molecule has 2 rings (SSSR count). The lowest BCUT2D eigenvalue weighted by Gasteiger charge is -2.03. The Morgan fingerprint density at radius 3 is 2.69 bits per heavy atom. The van der Waals surface area contributed by atoms with Gasteiger partial charge in [-0.05, 0) is 12.1 Å². The topological polar surface area (TPSA) is 49.6 Å². The first kappa shape index (κ1) is 10.9. The molecule has 0 N–H and O–H groups in total. The summed E-state index contributed by atoms with van der Waals surface area (Å²) in [6.45, 7) is 0.